The third kappa shape index (κ3) is 3.23. The average molecular weight is 417 g/mol. The van der Waals surface area contributed by atoms with E-state index in [-0.39, 0.29) is 12.4 Å². The van der Waals surface area contributed by atoms with Crippen molar-refractivity contribution in [1.82, 2.24) is 9.55 Å². The van der Waals surface area contributed by atoms with Crippen LogP contribution in [0.2, 0.25) is 0 Å². The van der Waals surface area contributed by atoms with E-state index in [4.69, 9.17) is 14.5 Å². The van der Waals surface area contributed by atoms with Crippen LogP contribution in [-0.4, -0.2) is 16.3 Å². The summed E-state index contributed by atoms with van der Waals surface area (Å²) < 4.78 is 12.6. The largest absolute Gasteiger partial charge is 0.454 e. The summed E-state index contributed by atoms with van der Waals surface area (Å²) in [6.07, 6.45) is 0. The van der Waals surface area contributed by atoms with Crippen LogP contribution >= 0.6 is 11.8 Å². The molecule has 0 atom stereocenters. The van der Waals surface area contributed by atoms with Crippen LogP contribution in [0.25, 0.3) is 16.6 Å². The van der Waals surface area contributed by atoms with E-state index in [1.165, 1.54) is 11.8 Å². The van der Waals surface area contributed by atoms with Crippen molar-refractivity contribution in [2.24, 2.45) is 0 Å². The summed E-state index contributed by atoms with van der Waals surface area (Å²) in [6.45, 7) is 4.35. The number of nitrogens with zero attached hydrogens (tertiary/aromatic N) is 2. The van der Waals surface area contributed by atoms with Gasteiger partial charge in [0.25, 0.3) is 5.56 Å². The van der Waals surface area contributed by atoms with Gasteiger partial charge in [0.1, 0.15) is 0 Å². The molecule has 1 aliphatic heterocycles. The Hall–Kier alpha value is -3.25. The second kappa shape index (κ2) is 7.54. The van der Waals surface area contributed by atoms with Crippen molar-refractivity contribution in [1.29, 1.82) is 0 Å². The molecule has 0 fully saturated rings. The molecule has 6 heteroatoms. The number of rotatable bonds is 4. The first-order chi connectivity index (χ1) is 14.6. The Morgan fingerprint density at radius 2 is 1.83 bits per heavy atom. The van der Waals surface area contributed by atoms with Crippen LogP contribution in [0.3, 0.4) is 0 Å². The normalized spacial score (nSPS) is 12.5. The topological polar surface area (TPSA) is 53.4 Å². The molecule has 0 bridgehead atoms. The van der Waals surface area contributed by atoms with E-state index in [2.05, 4.69) is 13.0 Å². The quantitative estimate of drug-likeness (QED) is 0.345. The molecule has 30 heavy (non-hydrogen) atoms. The van der Waals surface area contributed by atoms with Gasteiger partial charge in [-0.15, -0.1) is 0 Å². The minimum absolute atomic E-state index is 0.0533. The number of thioether (sulfide) groups is 1. The summed E-state index contributed by atoms with van der Waals surface area (Å²) in [4.78, 5) is 18.3. The molecule has 0 unspecified atom stereocenters. The van der Waals surface area contributed by atoms with Crippen molar-refractivity contribution in [3.63, 3.8) is 0 Å². The third-order valence-electron chi connectivity index (χ3n) is 5.37. The highest BCUT2D eigenvalue weighted by Gasteiger charge is 2.17. The summed E-state index contributed by atoms with van der Waals surface area (Å²) in [5, 5.41) is 1.29. The predicted molar refractivity (Wildman–Crippen MR) is 119 cm³/mol. The fourth-order valence-corrected chi connectivity index (χ4v) is 4.53. The molecule has 5 rings (SSSR count). The lowest BCUT2D eigenvalue weighted by atomic mass is 10.1. The van der Waals surface area contributed by atoms with Gasteiger partial charge in [0.05, 0.1) is 16.6 Å². The first-order valence-corrected chi connectivity index (χ1v) is 10.7. The maximum atomic E-state index is 13.5. The fraction of sp³-hybridized carbons (Fsp3) is 0.167. The molecule has 0 saturated heterocycles. The predicted octanol–water partition coefficient (Wildman–Crippen LogP) is 5.02. The zero-order chi connectivity index (χ0) is 20.7. The molecule has 0 N–H and O–H groups in total. The number of aromatic nitrogens is 2. The molecular formula is C24H20N2O3S. The SMILES string of the molecule is Cc1cccc(-n2c(SCc3ccc4c(c3)OCO4)nc3ccccc3c2=O)c1C. The Balaban J connectivity index is 1.61. The van der Waals surface area contributed by atoms with Crippen LogP contribution in [0.5, 0.6) is 11.5 Å². The number of hydrogen-bond acceptors (Lipinski definition) is 5. The first kappa shape index (κ1) is 18.8. The van der Waals surface area contributed by atoms with Gasteiger partial charge in [-0.2, -0.15) is 0 Å². The average Bonchev–Trinajstić information content (AvgIpc) is 3.23. The van der Waals surface area contributed by atoms with E-state index >= 15 is 0 Å². The molecule has 0 saturated carbocycles. The number of fused-ring (bicyclic) bond motifs is 2. The molecule has 3 aromatic carbocycles. The molecule has 1 aromatic heterocycles. The molecule has 2 heterocycles. The van der Waals surface area contributed by atoms with Gasteiger partial charge >= 0.3 is 0 Å². The van der Waals surface area contributed by atoms with Crippen molar-refractivity contribution in [2.75, 3.05) is 6.79 Å². The Bertz CT molecular complexity index is 1330. The number of aryl methyl sites for hydroxylation is 1. The van der Waals surface area contributed by atoms with Crippen LogP contribution < -0.4 is 15.0 Å². The van der Waals surface area contributed by atoms with Gasteiger partial charge in [-0.25, -0.2) is 4.98 Å². The molecule has 0 spiro atoms. The molecule has 0 radical (unpaired) electrons. The minimum atomic E-state index is -0.0533. The van der Waals surface area contributed by atoms with Crippen molar-refractivity contribution >= 4 is 22.7 Å². The lowest BCUT2D eigenvalue weighted by Gasteiger charge is -2.16. The summed E-state index contributed by atoms with van der Waals surface area (Å²) in [5.74, 6) is 2.18. The van der Waals surface area contributed by atoms with E-state index in [9.17, 15) is 4.79 Å². The first-order valence-electron chi connectivity index (χ1n) is 9.71. The number of hydrogen-bond donors (Lipinski definition) is 0. The molecule has 4 aromatic rings. The summed E-state index contributed by atoms with van der Waals surface area (Å²) in [7, 11) is 0. The molecule has 5 nitrogen and oxygen atoms in total. The summed E-state index contributed by atoms with van der Waals surface area (Å²) in [6, 6.07) is 19.4. The summed E-state index contributed by atoms with van der Waals surface area (Å²) >= 11 is 1.54. The molecule has 1 aliphatic rings. The third-order valence-corrected chi connectivity index (χ3v) is 6.38. The molecular weight excluding hydrogens is 396 g/mol. The van der Waals surface area contributed by atoms with Gasteiger partial charge in [-0.05, 0) is 60.9 Å². The van der Waals surface area contributed by atoms with Gasteiger partial charge in [0, 0.05) is 5.75 Å². The van der Waals surface area contributed by atoms with Crippen molar-refractivity contribution < 1.29 is 9.47 Å². The van der Waals surface area contributed by atoms with E-state index in [1.807, 2.05) is 61.5 Å². The van der Waals surface area contributed by atoms with E-state index < -0.39 is 0 Å². The van der Waals surface area contributed by atoms with Gasteiger partial charge in [0.15, 0.2) is 16.7 Å². The lowest BCUT2D eigenvalue weighted by molar-refractivity contribution is 0.174. The monoisotopic (exact) mass is 416 g/mol. The van der Waals surface area contributed by atoms with Crippen molar-refractivity contribution in [2.45, 2.75) is 24.8 Å². The van der Waals surface area contributed by atoms with Crippen molar-refractivity contribution in [3.05, 3.63) is 87.7 Å². The molecule has 150 valence electrons. The highest BCUT2D eigenvalue weighted by molar-refractivity contribution is 7.98. The van der Waals surface area contributed by atoms with Crippen LogP contribution in [0.15, 0.2) is 70.6 Å². The Labute approximate surface area is 178 Å². The number of ether oxygens (including phenoxy) is 2. The van der Waals surface area contributed by atoms with Gasteiger partial charge < -0.3 is 9.47 Å². The summed E-state index contributed by atoms with van der Waals surface area (Å²) in [5.41, 5.74) is 4.81. The zero-order valence-electron chi connectivity index (χ0n) is 16.7. The second-order valence-electron chi connectivity index (χ2n) is 7.25. The molecule has 0 amide bonds. The number of para-hydroxylation sites is 1. The second-order valence-corrected chi connectivity index (χ2v) is 8.19. The highest BCUT2D eigenvalue weighted by Crippen LogP contribution is 2.34. The van der Waals surface area contributed by atoms with Crippen LogP contribution in [0.4, 0.5) is 0 Å². The van der Waals surface area contributed by atoms with E-state index in [1.54, 1.807) is 4.57 Å². The van der Waals surface area contributed by atoms with Crippen LogP contribution in [0.1, 0.15) is 16.7 Å². The standard InChI is InChI=1S/C24H20N2O3S/c1-15-6-5-9-20(16(15)2)26-23(27)18-7-3-4-8-19(18)25-24(26)30-13-17-10-11-21-22(12-17)29-14-28-21/h3-12H,13-14H2,1-2H3. The zero-order valence-corrected chi connectivity index (χ0v) is 17.5. The lowest BCUT2D eigenvalue weighted by Crippen LogP contribution is -2.22. The maximum absolute atomic E-state index is 13.5. The van der Waals surface area contributed by atoms with E-state index in [0.29, 0.717) is 21.8 Å². The Morgan fingerprint density at radius 3 is 2.73 bits per heavy atom. The van der Waals surface area contributed by atoms with Crippen LogP contribution in [-0.2, 0) is 5.75 Å². The van der Waals surface area contributed by atoms with Gasteiger partial charge in [-0.3, -0.25) is 9.36 Å². The maximum Gasteiger partial charge on any atom is 0.266 e. The van der Waals surface area contributed by atoms with Crippen LogP contribution in [0, 0.1) is 13.8 Å². The van der Waals surface area contributed by atoms with Crippen molar-refractivity contribution in [3.8, 4) is 17.2 Å². The molecule has 0 aliphatic carbocycles. The van der Waals surface area contributed by atoms with E-state index in [0.717, 1.165) is 33.9 Å². The Kier molecular flexibility index (Phi) is 4.71. The highest BCUT2D eigenvalue weighted by atomic mass is 32.2. The van der Waals surface area contributed by atoms with Gasteiger partial charge in [-0.1, -0.05) is 42.1 Å². The minimum Gasteiger partial charge on any atom is -0.454 e. The fourth-order valence-electron chi connectivity index (χ4n) is 3.58. The number of benzene rings is 3. The smallest absolute Gasteiger partial charge is 0.266 e. The Morgan fingerprint density at radius 1 is 1.00 bits per heavy atom. The van der Waals surface area contributed by atoms with Gasteiger partial charge in [0.2, 0.25) is 6.79 Å².